The second-order valence-corrected chi connectivity index (χ2v) is 12.3. The molecule has 6 N–H and O–H groups in total. The van der Waals surface area contributed by atoms with Crippen LogP contribution in [0.25, 0.3) is 11.3 Å². The molecule has 50 heavy (non-hydrogen) atoms. The lowest BCUT2D eigenvalue weighted by Crippen LogP contribution is -2.33. The van der Waals surface area contributed by atoms with Crippen molar-refractivity contribution in [2.75, 3.05) is 29.0 Å². The van der Waals surface area contributed by atoms with Crippen LogP contribution in [0.4, 0.5) is 23.0 Å². The number of aromatic nitrogens is 4. The van der Waals surface area contributed by atoms with Gasteiger partial charge in [-0.3, -0.25) is 0 Å². The quantitative estimate of drug-likeness (QED) is 0.0597. The summed E-state index contributed by atoms with van der Waals surface area (Å²) < 4.78 is 16.9. The summed E-state index contributed by atoms with van der Waals surface area (Å²) in [7, 11) is 0. The number of fused-ring (bicyclic) bond motifs is 7. The van der Waals surface area contributed by atoms with Gasteiger partial charge in [0.2, 0.25) is 11.3 Å². The highest BCUT2D eigenvalue weighted by Crippen LogP contribution is 2.57. The molecule has 0 radical (unpaired) electrons. The summed E-state index contributed by atoms with van der Waals surface area (Å²) >= 11 is 11.7. The maximum Gasteiger partial charge on any atom is 0.340 e. The summed E-state index contributed by atoms with van der Waals surface area (Å²) in [5.41, 5.74) is 2.50. The average Bonchev–Trinajstić information content (AvgIpc) is 3.66. The van der Waals surface area contributed by atoms with Crippen molar-refractivity contribution in [2.45, 2.75) is 12.0 Å². The number of phenols is 2. The predicted molar refractivity (Wildman–Crippen MR) is 187 cm³/mol. The number of benzene rings is 4. The second kappa shape index (κ2) is 12.4. The fraction of sp³-hybridized carbons (Fsp3) is 0.118. The van der Waals surface area contributed by atoms with E-state index >= 15 is 0 Å². The van der Waals surface area contributed by atoms with Gasteiger partial charge >= 0.3 is 5.97 Å². The molecule has 16 heteroatoms. The third kappa shape index (κ3) is 5.57. The number of halogens is 1. The number of ether oxygens (including phenoxy) is 2. The van der Waals surface area contributed by atoms with Crippen molar-refractivity contribution in [3.8, 4) is 23.0 Å². The lowest BCUT2D eigenvalue weighted by molar-refractivity contribution is 0.0224. The van der Waals surface area contributed by atoms with Crippen molar-refractivity contribution >= 4 is 69.2 Å². The van der Waals surface area contributed by atoms with Gasteiger partial charge < -0.3 is 41.0 Å². The number of hydrogen-bond acceptors (Lipinski definition) is 13. The third-order valence-corrected chi connectivity index (χ3v) is 8.65. The molecule has 0 saturated heterocycles. The van der Waals surface area contributed by atoms with Gasteiger partial charge in [0.05, 0.1) is 5.56 Å². The van der Waals surface area contributed by atoms with Crippen molar-refractivity contribution in [1.29, 1.82) is 0 Å². The first-order valence-corrected chi connectivity index (χ1v) is 16.1. The minimum absolute atomic E-state index is 0.0155. The van der Waals surface area contributed by atoms with Crippen LogP contribution in [0.2, 0.25) is 5.02 Å². The Morgan fingerprint density at radius 2 is 1.52 bits per heavy atom. The van der Waals surface area contributed by atoms with Crippen LogP contribution < -0.4 is 26.0 Å². The summed E-state index contributed by atoms with van der Waals surface area (Å²) in [6.07, 6.45) is 0.653. The molecule has 2 aliphatic heterocycles. The van der Waals surface area contributed by atoms with Crippen LogP contribution in [0, 0.1) is 0 Å². The number of hydrogen-bond donors (Lipinski definition) is 6. The van der Waals surface area contributed by atoms with Gasteiger partial charge in [0.15, 0.2) is 22.3 Å². The molecule has 0 unspecified atom stereocenters. The Morgan fingerprint density at radius 3 is 2.24 bits per heavy atom. The Balaban J connectivity index is 0.935. The van der Waals surface area contributed by atoms with E-state index in [0.29, 0.717) is 80.7 Å². The van der Waals surface area contributed by atoms with Gasteiger partial charge in [-0.25, -0.2) is 19.4 Å². The number of carbonyl (C=O) groups is 1. The van der Waals surface area contributed by atoms with E-state index < -0.39 is 11.6 Å². The number of nitrogens with one attached hydrogen (secondary N) is 4. The van der Waals surface area contributed by atoms with Crippen molar-refractivity contribution in [3.63, 3.8) is 0 Å². The van der Waals surface area contributed by atoms with E-state index in [4.69, 9.17) is 37.9 Å². The van der Waals surface area contributed by atoms with Crippen molar-refractivity contribution in [3.05, 3.63) is 106 Å². The summed E-state index contributed by atoms with van der Waals surface area (Å²) in [4.78, 5) is 22.4. The first-order chi connectivity index (χ1) is 24.3. The number of rotatable bonds is 8. The molecule has 1 spiro atoms. The fourth-order valence-corrected chi connectivity index (χ4v) is 6.42. The third-order valence-electron chi connectivity index (χ3n) is 8.16. The van der Waals surface area contributed by atoms with Gasteiger partial charge in [0.1, 0.15) is 23.0 Å². The molecule has 2 aliphatic rings. The van der Waals surface area contributed by atoms with E-state index in [2.05, 4.69) is 41.5 Å². The summed E-state index contributed by atoms with van der Waals surface area (Å²) in [6, 6.07) is 21.7. The Hall–Kier alpha value is -6.19. The zero-order valence-corrected chi connectivity index (χ0v) is 27.3. The highest BCUT2D eigenvalue weighted by Gasteiger charge is 2.53. The minimum Gasteiger partial charge on any atom is -0.508 e. The maximum absolute atomic E-state index is 13.4. The van der Waals surface area contributed by atoms with Gasteiger partial charge in [-0.15, -0.1) is 0 Å². The molecule has 0 atom stereocenters. The second-order valence-electron chi connectivity index (χ2n) is 11.4. The molecule has 8 rings (SSSR count). The van der Waals surface area contributed by atoms with Crippen LogP contribution in [0.15, 0.2) is 83.5 Å². The minimum atomic E-state index is -1.34. The van der Waals surface area contributed by atoms with Crippen LogP contribution in [-0.4, -0.2) is 54.7 Å². The molecule has 2 aromatic heterocycles. The highest BCUT2D eigenvalue weighted by molar-refractivity contribution is 7.80. The highest BCUT2D eigenvalue weighted by atomic mass is 35.5. The number of carbonyl (C=O) groups excluding carboxylic acids is 1. The first kappa shape index (κ1) is 31.1. The number of aromatic hydroxyl groups is 2. The van der Waals surface area contributed by atoms with E-state index in [1.54, 1.807) is 42.5 Å². The van der Waals surface area contributed by atoms with Crippen LogP contribution in [0.5, 0.6) is 23.0 Å². The molecular formula is C34H25ClN8O6S. The van der Waals surface area contributed by atoms with Crippen LogP contribution >= 0.6 is 23.8 Å². The van der Waals surface area contributed by atoms with E-state index in [9.17, 15) is 15.0 Å². The fourth-order valence-electron chi connectivity index (χ4n) is 6.01. The average molecular weight is 709 g/mol. The Bertz CT molecular complexity index is 2280. The topological polar surface area (TPSA) is 189 Å². The number of nitrogens with zero attached hydrogens (tertiary/aromatic N) is 4. The van der Waals surface area contributed by atoms with Crippen molar-refractivity contribution in [1.82, 2.24) is 25.6 Å². The molecule has 4 heterocycles. The lowest BCUT2D eigenvalue weighted by atomic mass is 9.77. The van der Waals surface area contributed by atoms with E-state index in [-0.39, 0.29) is 22.8 Å². The number of anilines is 4. The van der Waals surface area contributed by atoms with Crippen LogP contribution in [-0.2, 0) is 10.3 Å². The molecule has 0 bridgehead atoms. The molecule has 6 aromatic rings. The monoisotopic (exact) mass is 708 g/mol. The molecule has 0 aliphatic carbocycles. The van der Waals surface area contributed by atoms with Crippen molar-refractivity contribution < 1.29 is 29.1 Å². The summed E-state index contributed by atoms with van der Waals surface area (Å²) in [5.74, 6) is 0.933. The molecular weight excluding hydrogens is 684 g/mol. The first-order valence-electron chi connectivity index (χ1n) is 15.3. The number of thiocarbonyl (C=S) groups is 1. The standard InChI is InChI=1S/C34H25ClN8O6S/c35-17-3-1-4-18(13-17)38-29-28(40-30-31(41-29)43-49-42-30)36-11-2-12-37-33(50)39-19-5-8-23-22(14-19)32(46)48-34(23)24-9-6-20(44)15-26(24)47-27-16-21(45)7-10-25(27)34/h1,3-10,13-16,44-45H,2,11-12H2,(H,36,40,42)(H2,37,39,50)(H,38,41,43). The Morgan fingerprint density at radius 1 is 0.820 bits per heavy atom. The zero-order valence-electron chi connectivity index (χ0n) is 25.7. The van der Waals surface area contributed by atoms with Gasteiger partial charge in [-0.2, -0.15) is 0 Å². The van der Waals surface area contributed by atoms with Gasteiger partial charge in [0, 0.05) is 58.3 Å². The van der Waals surface area contributed by atoms with E-state index in [1.165, 1.54) is 24.3 Å². The Kier molecular flexibility index (Phi) is 7.69. The number of phenolic OH excluding ortho intramolecular Hbond substituents is 2. The SMILES string of the molecule is O=C1OC2(c3ccc(O)cc3Oc3cc(O)ccc32)c2ccc(NC(=S)NCCCNc3nc4nonc4nc3Nc3cccc(Cl)c3)cc21. The lowest BCUT2D eigenvalue weighted by Gasteiger charge is -2.36. The molecule has 0 fully saturated rings. The molecule has 250 valence electrons. The molecule has 4 aromatic carbocycles. The van der Waals surface area contributed by atoms with Crippen LogP contribution in [0.3, 0.4) is 0 Å². The van der Waals surface area contributed by atoms with Gasteiger partial charge in [-0.05, 0) is 83.5 Å². The predicted octanol–water partition coefficient (Wildman–Crippen LogP) is 6.18. The maximum atomic E-state index is 13.4. The normalized spacial score (nSPS) is 13.5. The van der Waals surface area contributed by atoms with Gasteiger partial charge in [-0.1, -0.05) is 23.7 Å². The van der Waals surface area contributed by atoms with E-state index in [1.807, 2.05) is 12.1 Å². The molecule has 14 nitrogen and oxygen atoms in total. The summed E-state index contributed by atoms with van der Waals surface area (Å²) in [5, 5.41) is 41.6. The van der Waals surface area contributed by atoms with Crippen molar-refractivity contribution in [2.24, 2.45) is 0 Å². The zero-order chi connectivity index (χ0) is 34.4. The largest absolute Gasteiger partial charge is 0.508 e. The van der Waals surface area contributed by atoms with Crippen LogP contribution in [0.1, 0.15) is 33.5 Å². The molecule has 0 saturated carbocycles. The smallest absolute Gasteiger partial charge is 0.340 e. The summed E-state index contributed by atoms with van der Waals surface area (Å²) in [6.45, 7) is 1.03. The van der Waals surface area contributed by atoms with E-state index in [0.717, 1.165) is 5.69 Å². The Labute approximate surface area is 293 Å². The van der Waals surface area contributed by atoms with Gasteiger partial charge in [0.25, 0.3) is 0 Å². The number of esters is 1. The molecule has 0 amide bonds.